The average molecular weight is 294 g/mol. The summed E-state index contributed by atoms with van der Waals surface area (Å²) in [6.07, 6.45) is -0.111. The lowest BCUT2D eigenvalue weighted by Crippen LogP contribution is -2.50. The van der Waals surface area contributed by atoms with E-state index in [0.29, 0.717) is 0 Å². The van der Waals surface area contributed by atoms with Gasteiger partial charge in [-0.1, -0.05) is 13.8 Å². The Hall–Kier alpha value is -2.50. The number of carbonyl (C=O) groups excluding carboxylic acids is 2. The molecule has 9 nitrogen and oxygen atoms in total. The number of rotatable bonds is 6. The van der Waals surface area contributed by atoms with Gasteiger partial charge in [0.2, 0.25) is 5.91 Å². The molecule has 1 N–H and O–H groups in total. The zero-order valence-electron chi connectivity index (χ0n) is 12.5. The Labute approximate surface area is 122 Å². The summed E-state index contributed by atoms with van der Waals surface area (Å²) in [5.41, 5.74) is -0.966. The molecule has 0 aliphatic carbocycles. The highest BCUT2D eigenvalue weighted by Crippen LogP contribution is 2.14. The van der Waals surface area contributed by atoms with E-state index < -0.39 is 17.4 Å². The molecule has 1 amide bonds. The molecule has 1 atom stereocenters. The van der Waals surface area contributed by atoms with Crippen LogP contribution in [-0.2, 0) is 27.3 Å². The number of hydrogen-bond acceptors (Lipinski definition) is 7. The maximum Gasteiger partial charge on any atom is 0.313 e. The van der Waals surface area contributed by atoms with Crippen molar-refractivity contribution in [3.05, 3.63) is 5.82 Å². The molecule has 1 heterocycles. The highest BCUT2D eigenvalue weighted by atomic mass is 16.5. The maximum atomic E-state index is 11.9. The Morgan fingerprint density at radius 3 is 2.71 bits per heavy atom. The molecule has 0 radical (unpaired) electrons. The summed E-state index contributed by atoms with van der Waals surface area (Å²) >= 11 is 0. The zero-order valence-corrected chi connectivity index (χ0v) is 12.5. The van der Waals surface area contributed by atoms with Crippen LogP contribution in [0.5, 0.6) is 0 Å². The quantitative estimate of drug-likeness (QED) is 0.698. The average Bonchev–Trinajstić information content (AvgIpc) is 2.84. The smallest absolute Gasteiger partial charge is 0.313 e. The van der Waals surface area contributed by atoms with Gasteiger partial charge < -0.3 is 10.1 Å². The first-order valence-electron chi connectivity index (χ1n) is 6.36. The number of ether oxygens (including phenoxy) is 1. The first-order chi connectivity index (χ1) is 9.80. The van der Waals surface area contributed by atoms with Crippen molar-refractivity contribution < 1.29 is 14.3 Å². The molecule has 1 aromatic heterocycles. The molecule has 1 rings (SSSR count). The molecule has 0 spiro atoms. The summed E-state index contributed by atoms with van der Waals surface area (Å²) < 4.78 is 4.48. The molecule has 1 aromatic rings. The van der Waals surface area contributed by atoms with Crippen LogP contribution < -0.4 is 5.32 Å². The Kier molecular flexibility index (Phi) is 5.35. The summed E-state index contributed by atoms with van der Waals surface area (Å²) in [5, 5.41) is 23.0. The monoisotopic (exact) mass is 294 g/mol. The lowest BCUT2D eigenvalue weighted by molar-refractivity contribution is -0.139. The zero-order chi connectivity index (χ0) is 16.0. The Morgan fingerprint density at radius 2 is 2.19 bits per heavy atom. The third kappa shape index (κ3) is 4.52. The molecular formula is C12H18N6O3. The van der Waals surface area contributed by atoms with Gasteiger partial charge in [0.05, 0.1) is 13.2 Å². The number of nitrogens with zero attached hydrogens (tertiary/aromatic N) is 5. The van der Waals surface area contributed by atoms with E-state index in [0.717, 1.165) is 4.80 Å². The summed E-state index contributed by atoms with van der Waals surface area (Å²) in [5.74, 6) is -0.780. The van der Waals surface area contributed by atoms with Gasteiger partial charge in [-0.25, -0.2) is 0 Å². The number of aromatic nitrogens is 4. The molecule has 21 heavy (non-hydrogen) atoms. The Bertz CT molecular complexity index is 562. The topological polar surface area (TPSA) is 123 Å². The van der Waals surface area contributed by atoms with Gasteiger partial charge in [-0.15, -0.1) is 10.2 Å². The first-order valence-corrected chi connectivity index (χ1v) is 6.36. The SMILES string of the molecule is COC(=O)Cc1nnn(CC(=O)N[C@](C)(C#N)C(C)C)n1. The van der Waals surface area contributed by atoms with Crippen molar-refractivity contribution in [3.8, 4) is 6.07 Å². The van der Waals surface area contributed by atoms with Crippen molar-refractivity contribution in [1.82, 2.24) is 25.5 Å². The molecule has 0 aromatic carbocycles. The van der Waals surface area contributed by atoms with Crippen LogP contribution >= 0.6 is 0 Å². The van der Waals surface area contributed by atoms with Crippen molar-refractivity contribution in [2.45, 2.75) is 39.3 Å². The van der Waals surface area contributed by atoms with Gasteiger partial charge in [-0.05, 0) is 18.1 Å². The highest BCUT2D eigenvalue weighted by Gasteiger charge is 2.30. The molecular weight excluding hydrogens is 276 g/mol. The van der Waals surface area contributed by atoms with E-state index in [1.807, 2.05) is 13.8 Å². The highest BCUT2D eigenvalue weighted by molar-refractivity contribution is 5.77. The first kappa shape index (κ1) is 16.6. The lowest BCUT2D eigenvalue weighted by atomic mass is 9.90. The summed E-state index contributed by atoms with van der Waals surface area (Å²) in [7, 11) is 1.26. The lowest BCUT2D eigenvalue weighted by Gasteiger charge is -2.27. The number of carbonyl (C=O) groups is 2. The van der Waals surface area contributed by atoms with E-state index >= 15 is 0 Å². The van der Waals surface area contributed by atoms with Crippen LogP contribution in [0, 0.1) is 17.2 Å². The molecule has 0 unspecified atom stereocenters. The van der Waals surface area contributed by atoms with Gasteiger partial charge in [-0.2, -0.15) is 10.1 Å². The minimum absolute atomic E-state index is 0.0509. The van der Waals surface area contributed by atoms with Crippen molar-refractivity contribution in [3.63, 3.8) is 0 Å². The summed E-state index contributed by atoms with van der Waals surface area (Å²) in [4.78, 5) is 24.0. The fourth-order valence-electron chi connectivity index (χ4n) is 1.37. The number of nitrogens with one attached hydrogen (secondary N) is 1. The van der Waals surface area contributed by atoms with Gasteiger partial charge >= 0.3 is 5.97 Å². The third-order valence-corrected chi connectivity index (χ3v) is 3.10. The Morgan fingerprint density at radius 1 is 1.52 bits per heavy atom. The third-order valence-electron chi connectivity index (χ3n) is 3.10. The number of tetrazole rings is 1. The maximum absolute atomic E-state index is 11.9. The largest absolute Gasteiger partial charge is 0.469 e. The molecule has 0 bridgehead atoms. The minimum atomic E-state index is -0.966. The predicted molar refractivity (Wildman–Crippen MR) is 70.5 cm³/mol. The second-order valence-corrected chi connectivity index (χ2v) is 5.01. The second-order valence-electron chi connectivity index (χ2n) is 5.01. The van der Waals surface area contributed by atoms with Crippen LogP contribution in [0.15, 0.2) is 0 Å². The van der Waals surface area contributed by atoms with Crippen molar-refractivity contribution in [2.75, 3.05) is 7.11 Å². The molecule has 0 saturated heterocycles. The fourth-order valence-corrected chi connectivity index (χ4v) is 1.37. The molecule has 0 saturated carbocycles. The van der Waals surface area contributed by atoms with E-state index in [2.05, 4.69) is 31.5 Å². The van der Waals surface area contributed by atoms with Crippen LogP contribution in [0.25, 0.3) is 0 Å². The van der Waals surface area contributed by atoms with Gasteiger partial charge in [-0.3, -0.25) is 9.59 Å². The Balaban J connectivity index is 2.64. The van der Waals surface area contributed by atoms with Crippen LogP contribution in [0.3, 0.4) is 0 Å². The number of methoxy groups -OCH3 is 1. The van der Waals surface area contributed by atoms with Gasteiger partial charge in [0.15, 0.2) is 5.82 Å². The van der Waals surface area contributed by atoms with E-state index in [4.69, 9.17) is 5.26 Å². The normalized spacial score (nSPS) is 13.3. The van der Waals surface area contributed by atoms with E-state index in [9.17, 15) is 9.59 Å². The van der Waals surface area contributed by atoms with E-state index in [-0.39, 0.29) is 24.7 Å². The summed E-state index contributed by atoms with van der Waals surface area (Å²) in [6, 6.07) is 2.07. The number of esters is 1. The van der Waals surface area contributed by atoms with Gasteiger partial charge in [0, 0.05) is 0 Å². The number of amides is 1. The van der Waals surface area contributed by atoms with Crippen LogP contribution in [0.4, 0.5) is 0 Å². The number of hydrogen-bond donors (Lipinski definition) is 1. The molecule has 0 aliphatic rings. The van der Waals surface area contributed by atoms with Crippen molar-refractivity contribution in [2.24, 2.45) is 5.92 Å². The second kappa shape index (κ2) is 6.78. The van der Waals surface area contributed by atoms with Crippen LogP contribution in [0.2, 0.25) is 0 Å². The molecule has 0 fully saturated rings. The minimum Gasteiger partial charge on any atom is -0.469 e. The van der Waals surface area contributed by atoms with Crippen LogP contribution in [-0.4, -0.2) is 44.7 Å². The standard InChI is InChI=1S/C12H18N6O3/c1-8(2)12(3,7-13)14-10(19)6-18-16-9(15-17-18)5-11(20)21-4/h8H,5-6H2,1-4H3,(H,14,19)/t12-/m1/s1. The molecule has 9 heteroatoms. The fraction of sp³-hybridized carbons (Fsp3) is 0.667. The van der Waals surface area contributed by atoms with Gasteiger partial charge in [0.25, 0.3) is 0 Å². The van der Waals surface area contributed by atoms with Gasteiger partial charge in [0.1, 0.15) is 18.5 Å². The summed E-state index contributed by atoms with van der Waals surface area (Å²) in [6.45, 7) is 5.14. The van der Waals surface area contributed by atoms with E-state index in [1.165, 1.54) is 7.11 Å². The molecule has 114 valence electrons. The van der Waals surface area contributed by atoms with Crippen molar-refractivity contribution >= 4 is 11.9 Å². The number of nitriles is 1. The van der Waals surface area contributed by atoms with Crippen molar-refractivity contribution in [1.29, 1.82) is 5.26 Å². The molecule has 0 aliphatic heterocycles. The van der Waals surface area contributed by atoms with Crippen LogP contribution in [0.1, 0.15) is 26.6 Å². The predicted octanol–water partition coefficient (Wildman–Crippen LogP) is -0.557. The van der Waals surface area contributed by atoms with E-state index in [1.54, 1.807) is 6.92 Å².